The van der Waals surface area contributed by atoms with Crippen molar-refractivity contribution in [3.8, 4) is 0 Å². The number of hydrogen-bond donors (Lipinski definition) is 0. The van der Waals surface area contributed by atoms with E-state index in [1.54, 1.807) is 6.33 Å². The Bertz CT molecular complexity index is 945. The number of aromatic carboxylic acids is 1. The maximum absolute atomic E-state index is 11.4. The molecule has 0 unspecified atom stereocenters. The Morgan fingerprint density at radius 2 is 1.15 bits per heavy atom. The lowest BCUT2D eigenvalue weighted by Gasteiger charge is -2.37. The summed E-state index contributed by atoms with van der Waals surface area (Å²) in [4.78, 5) is 15.4. The Kier molecular flexibility index (Phi) is 4.30. The smallest absolute Gasteiger partial charge is 0.121 e. The van der Waals surface area contributed by atoms with Crippen molar-refractivity contribution in [2.45, 2.75) is 5.54 Å². The third-order valence-electron chi connectivity index (χ3n) is 4.75. The maximum atomic E-state index is 11.4. The van der Waals surface area contributed by atoms with Crippen molar-refractivity contribution in [2.75, 3.05) is 0 Å². The summed E-state index contributed by atoms with van der Waals surface area (Å²) in [5, 5.41) is 11.4. The second-order valence-electron chi connectivity index (χ2n) is 6.26. The summed E-state index contributed by atoms with van der Waals surface area (Å²) in [6, 6.07) is 30.0. The number of nitrogens with zero attached hydrogens (tertiary/aromatic N) is 2. The van der Waals surface area contributed by atoms with Crippen molar-refractivity contribution in [2.24, 2.45) is 0 Å². The summed E-state index contributed by atoms with van der Waals surface area (Å²) in [7, 11) is 0. The van der Waals surface area contributed by atoms with Crippen LogP contribution in [-0.2, 0) is 5.54 Å². The number of benzene rings is 3. The molecule has 0 aliphatic carbocycles. The van der Waals surface area contributed by atoms with Gasteiger partial charge in [-0.15, -0.1) is 0 Å². The first-order valence-corrected chi connectivity index (χ1v) is 8.65. The molecule has 0 N–H and O–H groups in total. The van der Waals surface area contributed by atoms with Crippen LogP contribution in [0.2, 0.25) is 0 Å². The van der Waals surface area contributed by atoms with E-state index in [0.717, 1.165) is 16.7 Å². The Morgan fingerprint density at radius 1 is 0.741 bits per heavy atom. The molecule has 132 valence electrons. The Balaban J connectivity index is 2.10. The highest BCUT2D eigenvalue weighted by Crippen LogP contribution is 2.40. The molecule has 4 heteroatoms. The van der Waals surface area contributed by atoms with Gasteiger partial charge in [-0.05, 0) is 16.7 Å². The van der Waals surface area contributed by atoms with Gasteiger partial charge in [0, 0.05) is 6.20 Å². The van der Waals surface area contributed by atoms with Crippen molar-refractivity contribution in [3.63, 3.8) is 0 Å². The molecular weight excluding hydrogens is 336 g/mol. The fourth-order valence-electron chi connectivity index (χ4n) is 3.60. The molecule has 0 spiro atoms. The third-order valence-corrected chi connectivity index (χ3v) is 4.75. The quantitative estimate of drug-likeness (QED) is 0.518. The van der Waals surface area contributed by atoms with Crippen molar-refractivity contribution < 1.29 is 9.90 Å². The summed E-state index contributed by atoms with van der Waals surface area (Å²) >= 11 is 0. The zero-order valence-electron chi connectivity index (χ0n) is 14.5. The number of hydrogen-bond acceptors (Lipinski definition) is 3. The average Bonchev–Trinajstić information content (AvgIpc) is 3.22. The zero-order valence-corrected chi connectivity index (χ0v) is 14.5. The van der Waals surface area contributed by atoms with Crippen LogP contribution in [0.3, 0.4) is 0 Å². The predicted octanol–water partition coefficient (Wildman–Crippen LogP) is 3.09. The number of carbonyl (C=O) groups excluding carboxylic acids is 1. The molecule has 0 aliphatic rings. The maximum Gasteiger partial charge on any atom is 0.121 e. The van der Waals surface area contributed by atoms with Gasteiger partial charge in [-0.25, -0.2) is 4.98 Å². The highest BCUT2D eigenvalue weighted by molar-refractivity contribution is 5.83. The molecule has 27 heavy (non-hydrogen) atoms. The summed E-state index contributed by atoms with van der Waals surface area (Å²) in [5.41, 5.74) is 2.16. The largest absolute Gasteiger partial charge is 0.543 e. The number of carboxylic acids is 1. The van der Waals surface area contributed by atoms with Crippen LogP contribution in [0.4, 0.5) is 0 Å². The molecule has 0 atom stereocenters. The van der Waals surface area contributed by atoms with Crippen LogP contribution < -0.4 is 5.11 Å². The van der Waals surface area contributed by atoms with Gasteiger partial charge < -0.3 is 14.5 Å². The van der Waals surface area contributed by atoms with Crippen molar-refractivity contribution in [1.82, 2.24) is 9.55 Å². The van der Waals surface area contributed by atoms with Gasteiger partial charge in [0.1, 0.15) is 11.2 Å². The van der Waals surface area contributed by atoms with E-state index in [4.69, 9.17) is 0 Å². The fourth-order valence-corrected chi connectivity index (χ4v) is 3.60. The minimum atomic E-state index is -1.29. The van der Waals surface area contributed by atoms with Gasteiger partial charge in [0.15, 0.2) is 0 Å². The lowest BCUT2D eigenvalue weighted by atomic mass is 9.77. The standard InChI is InChI=1S/C23H18N2O2/c26-22(27)21-16-25(17-24-21)23(18-10-4-1-5-11-18,19-12-6-2-7-13-19)20-14-8-3-9-15-20/h1-17H,(H,26,27)/p-1. The summed E-state index contributed by atoms with van der Waals surface area (Å²) in [6.07, 6.45) is 3.08. The van der Waals surface area contributed by atoms with E-state index in [2.05, 4.69) is 4.98 Å². The molecule has 0 radical (unpaired) electrons. The second-order valence-corrected chi connectivity index (χ2v) is 6.26. The van der Waals surface area contributed by atoms with E-state index >= 15 is 0 Å². The highest BCUT2D eigenvalue weighted by Gasteiger charge is 2.38. The molecule has 4 nitrogen and oxygen atoms in total. The topological polar surface area (TPSA) is 57.9 Å². The number of carbonyl (C=O) groups is 1. The van der Waals surface area contributed by atoms with Crippen LogP contribution in [-0.4, -0.2) is 15.5 Å². The molecule has 0 bridgehead atoms. The SMILES string of the molecule is O=C([O-])c1cn(C(c2ccccc2)(c2ccccc2)c2ccccc2)cn1. The predicted molar refractivity (Wildman–Crippen MR) is 101 cm³/mol. The summed E-state index contributed by atoms with van der Waals surface area (Å²) in [6.45, 7) is 0. The summed E-state index contributed by atoms with van der Waals surface area (Å²) in [5.74, 6) is -1.29. The third kappa shape index (κ3) is 2.81. The molecule has 0 fully saturated rings. The van der Waals surface area contributed by atoms with Crippen molar-refractivity contribution in [3.05, 3.63) is 126 Å². The molecule has 1 heterocycles. The fraction of sp³-hybridized carbons (Fsp3) is 0.0435. The molecule has 0 saturated carbocycles. The molecule has 0 aliphatic heterocycles. The first-order valence-electron chi connectivity index (χ1n) is 8.65. The summed E-state index contributed by atoms with van der Waals surface area (Å²) < 4.78 is 1.85. The van der Waals surface area contributed by atoms with Gasteiger partial charge >= 0.3 is 0 Å². The number of carboxylic acid groups (broad SMARTS) is 1. The molecular formula is C23H17N2O2-. The van der Waals surface area contributed by atoms with Crippen molar-refractivity contribution in [1.29, 1.82) is 0 Å². The van der Waals surface area contributed by atoms with Crippen molar-refractivity contribution >= 4 is 5.97 Å². The van der Waals surface area contributed by atoms with E-state index < -0.39 is 11.5 Å². The first kappa shape index (κ1) is 16.8. The molecule has 4 aromatic rings. The number of aromatic nitrogens is 2. The Labute approximate surface area is 157 Å². The van der Waals surface area contributed by atoms with Gasteiger partial charge in [-0.3, -0.25) is 0 Å². The lowest BCUT2D eigenvalue weighted by molar-refractivity contribution is -0.255. The first-order chi connectivity index (χ1) is 13.2. The minimum Gasteiger partial charge on any atom is -0.543 e. The van der Waals surface area contributed by atoms with Crippen LogP contribution in [0.15, 0.2) is 104 Å². The molecule has 0 saturated heterocycles. The van der Waals surface area contributed by atoms with E-state index in [9.17, 15) is 9.90 Å². The van der Waals surface area contributed by atoms with Gasteiger partial charge in [0.05, 0.1) is 12.3 Å². The average molecular weight is 353 g/mol. The van der Waals surface area contributed by atoms with Crippen LogP contribution in [0, 0.1) is 0 Å². The number of imidazole rings is 1. The van der Waals surface area contributed by atoms with Gasteiger partial charge in [-0.1, -0.05) is 91.0 Å². The van der Waals surface area contributed by atoms with E-state index in [-0.39, 0.29) is 5.69 Å². The minimum absolute atomic E-state index is 0.0952. The molecule has 0 amide bonds. The van der Waals surface area contributed by atoms with Gasteiger partial charge in [0.25, 0.3) is 0 Å². The number of rotatable bonds is 5. The lowest BCUT2D eigenvalue weighted by Crippen LogP contribution is -2.37. The Hall–Kier alpha value is -3.66. The highest BCUT2D eigenvalue weighted by atomic mass is 16.4. The normalized spacial score (nSPS) is 11.3. The van der Waals surface area contributed by atoms with Crippen LogP contribution in [0.1, 0.15) is 27.2 Å². The Morgan fingerprint density at radius 3 is 1.48 bits per heavy atom. The molecule has 3 aromatic carbocycles. The van der Waals surface area contributed by atoms with Crippen LogP contribution in [0.25, 0.3) is 0 Å². The van der Waals surface area contributed by atoms with Crippen LogP contribution in [0.5, 0.6) is 0 Å². The molecule has 1 aromatic heterocycles. The second kappa shape index (κ2) is 6.92. The van der Waals surface area contributed by atoms with Crippen LogP contribution >= 0.6 is 0 Å². The van der Waals surface area contributed by atoms with Gasteiger partial charge in [-0.2, -0.15) is 0 Å². The van der Waals surface area contributed by atoms with E-state index in [0.29, 0.717) is 0 Å². The van der Waals surface area contributed by atoms with E-state index in [1.165, 1.54) is 6.20 Å². The monoisotopic (exact) mass is 353 g/mol. The zero-order chi connectivity index (χ0) is 18.7. The molecule has 4 rings (SSSR count). The van der Waals surface area contributed by atoms with E-state index in [1.807, 2.05) is 95.6 Å². The van der Waals surface area contributed by atoms with Gasteiger partial charge in [0.2, 0.25) is 0 Å².